The zero-order valence-electron chi connectivity index (χ0n) is 13.8. The van der Waals surface area contributed by atoms with Gasteiger partial charge in [-0.15, -0.1) is 0 Å². The first-order valence-corrected chi connectivity index (χ1v) is 9.41. The third kappa shape index (κ3) is 3.45. The summed E-state index contributed by atoms with van der Waals surface area (Å²) < 4.78 is 33.6. The molecule has 0 amide bonds. The van der Waals surface area contributed by atoms with Crippen LogP contribution in [0.5, 0.6) is 5.75 Å². The lowest BCUT2D eigenvalue weighted by molar-refractivity contribution is 0.401. The van der Waals surface area contributed by atoms with Gasteiger partial charge in [0.2, 0.25) is 10.0 Å². The van der Waals surface area contributed by atoms with Crippen LogP contribution in [-0.2, 0) is 16.4 Å². The van der Waals surface area contributed by atoms with E-state index in [1.54, 1.807) is 6.07 Å². The summed E-state index contributed by atoms with van der Waals surface area (Å²) in [4.78, 5) is 0.0246. The molecule has 25 heavy (non-hydrogen) atoms. The minimum absolute atomic E-state index is 0.0246. The summed E-state index contributed by atoms with van der Waals surface area (Å²) >= 11 is 0. The van der Waals surface area contributed by atoms with Crippen LogP contribution < -0.4 is 15.2 Å². The number of nitrogens with zero attached hydrogens (tertiary/aromatic N) is 1. The van der Waals surface area contributed by atoms with Crippen LogP contribution >= 0.6 is 0 Å². The second-order valence-corrected chi connectivity index (χ2v) is 7.68. The Labute approximate surface area is 147 Å². The van der Waals surface area contributed by atoms with E-state index in [9.17, 15) is 8.42 Å². The Morgan fingerprint density at radius 2 is 2.08 bits per heavy atom. The number of nitrogens with two attached hydrogens (primary N) is 1. The molecule has 0 heterocycles. The third-order valence-electron chi connectivity index (χ3n) is 4.36. The molecule has 3 rings (SSSR count). The van der Waals surface area contributed by atoms with Crippen molar-refractivity contribution in [3.8, 4) is 11.8 Å². The van der Waals surface area contributed by atoms with E-state index >= 15 is 0 Å². The van der Waals surface area contributed by atoms with Crippen molar-refractivity contribution in [2.45, 2.75) is 30.2 Å². The Morgan fingerprint density at radius 3 is 2.80 bits per heavy atom. The molecule has 1 unspecified atom stereocenters. The number of hydrogen-bond donors (Lipinski definition) is 2. The van der Waals surface area contributed by atoms with Gasteiger partial charge in [0.1, 0.15) is 10.6 Å². The number of aryl methyl sites for hydroxylation is 1. The number of ether oxygens (including phenoxy) is 1. The van der Waals surface area contributed by atoms with E-state index in [0.717, 1.165) is 30.4 Å². The number of methoxy groups -OCH3 is 1. The summed E-state index contributed by atoms with van der Waals surface area (Å²) in [5.41, 5.74) is 8.88. The molecular weight excluding hydrogens is 338 g/mol. The standard InChI is InChI=1S/C18H19N3O3S/c1-24-17-9-12(11-19)5-8-18(17)25(22,23)21-16-4-2-3-13-10-14(20)6-7-15(13)16/h5-10,16,21H,2-4,20H2,1H3. The Hall–Kier alpha value is -2.56. The van der Waals surface area contributed by atoms with Gasteiger partial charge < -0.3 is 10.5 Å². The van der Waals surface area contributed by atoms with Gasteiger partial charge in [-0.25, -0.2) is 13.1 Å². The van der Waals surface area contributed by atoms with E-state index in [-0.39, 0.29) is 16.7 Å². The molecule has 7 heteroatoms. The highest BCUT2D eigenvalue weighted by Crippen LogP contribution is 2.33. The van der Waals surface area contributed by atoms with Gasteiger partial charge >= 0.3 is 0 Å². The summed E-state index contributed by atoms with van der Waals surface area (Å²) in [5.74, 6) is 0.153. The molecular formula is C18H19N3O3S. The summed E-state index contributed by atoms with van der Waals surface area (Å²) in [5, 5.41) is 8.96. The van der Waals surface area contributed by atoms with Crippen molar-refractivity contribution in [3.63, 3.8) is 0 Å². The molecule has 1 aliphatic carbocycles. The zero-order chi connectivity index (χ0) is 18.0. The molecule has 1 atom stereocenters. The Bertz CT molecular complexity index is 949. The van der Waals surface area contributed by atoms with Gasteiger partial charge in [-0.2, -0.15) is 5.26 Å². The molecule has 0 saturated carbocycles. The summed E-state index contributed by atoms with van der Waals surface area (Å²) in [6.45, 7) is 0. The maximum Gasteiger partial charge on any atom is 0.244 e. The van der Waals surface area contributed by atoms with E-state index in [4.69, 9.17) is 15.7 Å². The van der Waals surface area contributed by atoms with Gasteiger partial charge in [-0.05, 0) is 60.7 Å². The Kier molecular flexibility index (Phi) is 4.66. The van der Waals surface area contributed by atoms with Crippen molar-refractivity contribution < 1.29 is 13.2 Å². The highest BCUT2D eigenvalue weighted by Gasteiger charge is 2.28. The van der Waals surface area contributed by atoms with Crippen molar-refractivity contribution in [2.75, 3.05) is 12.8 Å². The van der Waals surface area contributed by atoms with Crippen LogP contribution in [0.1, 0.15) is 35.6 Å². The summed E-state index contributed by atoms with van der Waals surface area (Å²) in [6.07, 6.45) is 2.49. The van der Waals surface area contributed by atoms with Gasteiger partial charge in [-0.1, -0.05) is 6.07 Å². The van der Waals surface area contributed by atoms with Crippen molar-refractivity contribution in [3.05, 3.63) is 53.1 Å². The van der Waals surface area contributed by atoms with E-state index < -0.39 is 10.0 Å². The Balaban J connectivity index is 1.95. The number of nitrogen functional groups attached to an aromatic ring is 1. The number of anilines is 1. The average molecular weight is 357 g/mol. The van der Waals surface area contributed by atoms with Crippen LogP contribution in [0, 0.1) is 11.3 Å². The minimum atomic E-state index is -3.80. The fourth-order valence-electron chi connectivity index (χ4n) is 3.17. The molecule has 0 radical (unpaired) electrons. The zero-order valence-corrected chi connectivity index (χ0v) is 14.6. The topological polar surface area (TPSA) is 105 Å². The average Bonchev–Trinajstić information content (AvgIpc) is 2.60. The van der Waals surface area contributed by atoms with Gasteiger partial charge in [-0.3, -0.25) is 0 Å². The number of sulfonamides is 1. The van der Waals surface area contributed by atoms with Crippen LogP contribution in [0.25, 0.3) is 0 Å². The van der Waals surface area contributed by atoms with Crippen molar-refractivity contribution in [1.29, 1.82) is 5.26 Å². The lowest BCUT2D eigenvalue weighted by Gasteiger charge is -2.26. The van der Waals surface area contributed by atoms with Crippen molar-refractivity contribution in [1.82, 2.24) is 4.72 Å². The van der Waals surface area contributed by atoms with Gasteiger partial charge in [0.15, 0.2) is 0 Å². The van der Waals surface area contributed by atoms with Crippen LogP contribution in [0.3, 0.4) is 0 Å². The second-order valence-electron chi connectivity index (χ2n) is 6.00. The molecule has 0 aliphatic heterocycles. The van der Waals surface area contributed by atoms with Crippen molar-refractivity contribution >= 4 is 15.7 Å². The molecule has 1 aliphatic rings. The smallest absolute Gasteiger partial charge is 0.244 e. The normalized spacial score (nSPS) is 16.7. The number of nitriles is 1. The van der Waals surface area contributed by atoms with Gasteiger partial charge in [0, 0.05) is 11.7 Å². The molecule has 0 saturated heterocycles. The molecule has 0 aromatic heterocycles. The number of hydrogen-bond acceptors (Lipinski definition) is 5. The van der Waals surface area contributed by atoms with E-state index in [0.29, 0.717) is 11.3 Å². The minimum Gasteiger partial charge on any atom is -0.495 e. The number of benzene rings is 2. The van der Waals surface area contributed by atoms with Crippen LogP contribution in [0.2, 0.25) is 0 Å². The maximum atomic E-state index is 12.9. The predicted molar refractivity (Wildman–Crippen MR) is 94.6 cm³/mol. The fraction of sp³-hybridized carbons (Fsp3) is 0.278. The lowest BCUT2D eigenvalue weighted by atomic mass is 9.88. The number of nitrogens with one attached hydrogen (secondary N) is 1. The molecule has 2 aromatic rings. The lowest BCUT2D eigenvalue weighted by Crippen LogP contribution is -2.31. The summed E-state index contributed by atoms with van der Waals surface area (Å²) in [7, 11) is -2.41. The second kappa shape index (κ2) is 6.75. The predicted octanol–water partition coefficient (Wildman–Crippen LogP) is 2.50. The van der Waals surface area contributed by atoms with E-state index in [1.807, 2.05) is 18.2 Å². The molecule has 2 aromatic carbocycles. The maximum absolute atomic E-state index is 12.9. The fourth-order valence-corrected chi connectivity index (χ4v) is 4.57. The molecule has 6 nitrogen and oxygen atoms in total. The third-order valence-corrected chi connectivity index (χ3v) is 5.87. The SMILES string of the molecule is COc1cc(C#N)ccc1S(=O)(=O)NC1CCCc2cc(N)ccc21. The molecule has 0 fully saturated rings. The number of rotatable bonds is 4. The molecule has 3 N–H and O–H groups in total. The highest BCUT2D eigenvalue weighted by molar-refractivity contribution is 7.89. The largest absolute Gasteiger partial charge is 0.495 e. The first-order chi connectivity index (χ1) is 11.9. The highest BCUT2D eigenvalue weighted by atomic mass is 32.2. The van der Waals surface area contributed by atoms with Crippen LogP contribution in [0.15, 0.2) is 41.3 Å². The van der Waals surface area contributed by atoms with E-state index in [1.165, 1.54) is 25.3 Å². The first-order valence-electron chi connectivity index (χ1n) is 7.93. The van der Waals surface area contributed by atoms with Crippen LogP contribution in [-0.4, -0.2) is 15.5 Å². The van der Waals surface area contributed by atoms with Crippen LogP contribution in [0.4, 0.5) is 5.69 Å². The van der Waals surface area contributed by atoms with Gasteiger partial charge in [0.25, 0.3) is 0 Å². The monoisotopic (exact) mass is 357 g/mol. The van der Waals surface area contributed by atoms with Gasteiger partial charge in [0.05, 0.1) is 18.7 Å². The Morgan fingerprint density at radius 1 is 1.28 bits per heavy atom. The summed E-state index contributed by atoms with van der Waals surface area (Å²) in [6, 6.07) is 11.5. The van der Waals surface area contributed by atoms with E-state index in [2.05, 4.69) is 4.72 Å². The molecule has 130 valence electrons. The quantitative estimate of drug-likeness (QED) is 0.818. The molecule has 0 bridgehead atoms. The number of fused-ring (bicyclic) bond motifs is 1. The first kappa shape index (κ1) is 17.3. The van der Waals surface area contributed by atoms with Crippen molar-refractivity contribution in [2.24, 2.45) is 0 Å². The molecule has 0 spiro atoms.